The van der Waals surface area contributed by atoms with Crippen molar-refractivity contribution in [1.82, 2.24) is 9.97 Å². The maximum atomic E-state index is 4.94. The Labute approximate surface area is 84.4 Å². The van der Waals surface area contributed by atoms with Gasteiger partial charge in [-0.3, -0.25) is 0 Å². The van der Waals surface area contributed by atoms with Crippen LogP contribution in [0.15, 0.2) is 29.1 Å². The molecule has 5 heteroatoms. The normalized spacial score (nSPS) is 8.36. The second kappa shape index (κ2) is 4.46. The molecule has 0 aliphatic heterocycles. The minimum absolute atomic E-state index is 0. The minimum atomic E-state index is 0. The maximum Gasteiger partial charge on any atom is 0.198 e. The molecule has 0 unspecified atom stereocenters. The van der Waals surface area contributed by atoms with Crippen molar-refractivity contribution in [1.29, 1.82) is 0 Å². The van der Waals surface area contributed by atoms with Gasteiger partial charge in [0.2, 0.25) is 0 Å². The molecule has 0 bridgehead atoms. The molecule has 0 saturated carbocycles. The highest BCUT2D eigenvalue weighted by Crippen LogP contribution is 2.05. The number of hydrogen-bond donors (Lipinski definition) is 0. The molecule has 11 heavy (non-hydrogen) atoms. The third-order valence-electron chi connectivity index (χ3n) is 1.11. The first-order valence-corrected chi connectivity index (χ1v) is 2.61. The molecule has 2 rings (SSSR count). The fourth-order valence-corrected chi connectivity index (χ4v) is 0.704. The van der Waals surface area contributed by atoms with Crippen molar-refractivity contribution in [3.8, 4) is 0 Å². The molecule has 2 aromatic rings. The summed E-state index contributed by atoms with van der Waals surface area (Å²) in [6, 6.07) is 3.64. The summed E-state index contributed by atoms with van der Waals surface area (Å²) >= 11 is 0. The highest BCUT2D eigenvalue weighted by molar-refractivity contribution is 8.93. The lowest BCUT2D eigenvalue weighted by atomic mass is 10.5. The summed E-state index contributed by atoms with van der Waals surface area (Å²) < 4.78 is 4.94. The van der Waals surface area contributed by atoms with Crippen LogP contribution in [0.3, 0.4) is 0 Å². The summed E-state index contributed by atoms with van der Waals surface area (Å²) in [7, 11) is 0. The van der Waals surface area contributed by atoms with Crippen LogP contribution in [-0.2, 0) is 0 Å². The number of halogens is 2. The summed E-state index contributed by atoms with van der Waals surface area (Å²) in [6.45, 7) is 0. The summed E-state index contributed by atoms with van der Waals surface area (Å²) in [6.07, 6.45) is 3.07. The third kappa shape index (κ3) is 2.00. The lowest BCUT2D eigenvalue weighted by molar-refractivity contribution is 0.602. The summed E-state index contributed by atoms with van der Waals surface area (Å²) in [5, 5.41) is 0. The second-order valence-corrected chi connectivity index (χ2v) is 1.68. The van der Waals surface area contributed by atoms with Crippen molar-refractivity contribution in [2.75, 3.05) is 0 Å². The molecule has 2 aromatic heterocycles. The molecule has 0 saturated heterocycles. The summed E-state index contributed by atoms with van der Waals surface area (Å²) in [5.74, 6) is 0. The van der Waals surface area contributed by atoms with Gasteiger partial charge in [-0.15, -0.1) is 34.0 Å². The number of hydrogen-bond acceptors (Lipinski definition) is 3. The Morgan fingerprint density at radius 3 is 2.73 bits per heavy atom. The second-order valence-electron chi connectivity index (χ2n) is 1.68. The van der Waals surface area contributed by atoms with Gasteiger partial charge in [0.1, 0.15) is 0 Å². The van der Waals surface area contributed by atoms with E-state index in [-0.39, 0.29) is 34.0 Å². The highest BCUT2D eigenvalue weighted by atomic mass is 79.9. The Morgan fingerprint density at radius 1 is 1.18 bits per heavy atom. The molecular weight excluding hydrogens is 276 g/mol. The van der Waals surface area contributed by atoms with E-state index >= 15 is 0 Å². The lowest BCUT2D eigenvalue weighted by Gasteiger charge is -1.78. The quantitative estimate of drug-likeness (QED) is 0.744. The van der Waals surface area contributed by atoms with Gasteiger partial charge in [-0.1, -0.05) is 0 Å². The largest absolute Gasteiger partial charge is 0.442 e. The molecule has 0 atom stereocenters. The van der Waals surface area contributed by atoms with E-state index in [1.54, 1.807) is 6.20 Å². The van der Waals surface area contributed by atoms with E-state index in [2.05, 4.69) is 9.97 Å². The molecule has 0 fully saturated rings. The average Bonchev–Trinajstić information content (AvgIpc) is 2.33. The van der Waals surface area contributed by atoms with E-state index in [0.717, 1.165) is 5.58 Å². The van der Waals surface area contributed by atoms with Crippen LogP contribution in [0, 0.1) is 0 Å². The zero-order valence-electron chi connectivity index (χ0n) is 5.43. The first-order valence-electron chi connectivity index (χ1n) is 2.61. The Hall–Kier alpha value is -0.420. The highest BCUT2D eigenvalue weighted by Gasteiger charge is 1.93. The first kappa shape index (κ1) is 10.6. The Morgan fingerprint density at radius 2 is 2.00 bits per heavy atom. The Bertz CT molecular complexity index is 293. The molecule has 0 spiro atoms. The van der Waals surface area contributed by atoms with Crippen LogP contribution in [0.1, 0.15) is 0 Å². The van der Waals surface area contributed by atoms with Gasteiger partial charge in [-0.2, -0.15) is 4.98 Å². The summed E-state index contributed by atoms with van der Waals surface area (Å²) in [5.41, 5.74) is 1.40. The number of oxazole rings is 1. The molecule has 0 aliphatic rings. The predicted molar refractivity (Wildman–Crippen MR) is 52.4 cm³/mol. The van der Waals surface area contributed by atoms with Crippen molar-refractivity contribution in [2.24, 2.45) is 0 Å². The molecular formula is C6H6Br2N2O. The molecule has 60 valence electrons. The van der Waals surface area contributed by atoms with Gasteiger partial charge in [-0.05, 0) is 12.1 Å². The molecule has 0 aliphatic carbocycles. The average molecular weight is 282 g/mol. The number of fused-ring (bicyclic) bond motifs is 1. The van der Waals surface area contributed by atoms with Crippen molar-refractivity contribution < 1.29 is 4.42 Å². The van der Waals surface area contributed by atoms with Crippen LogP contribution in [-0.4, -0.2) is 9.97 Å². The molecule has 0 aromatic carbocycles. The van der Waals surface area contributed by atoms with E-state index in [0.29, 0.717) is 5.65 Å². The predicted octanol–water partition coefficient (Wildman–Crippen LogP) is 2.38. The van der Waals surface area contributed by atoms with Crippen molar-refractivity contribution >= 4 is 45.2 Å². The standard InChI is InChI=1S/C6H4N2O.2BrH/c1-2-5-6(7-3-1)8-4-9-5;;/h1-4H;2*1H. The molecule has 0 N–H and O–H groups in total. The van der Waals surface area contributed by atoms with Gasteiger partial charge in [0.25, 0.3) is 0 Å². The van der Waals surface area contributed by atoms with Crippen LogP contribution in [0.4, 0.5) is 0 Å². The van der Waals surface area contributed by atoms with E-state index in [9.17, 15) is 0 Å². The zero-order chi connectivity index (χ0) is 6.10. The zero-order valence-corrected chi connectivity index (χ0v) is 8.85. The lowest BCUT2D eigenvalue weighted by Crippen LogP contribution is -1.70. The van der Waals surface area contributed by atoms with Gasteiger partial charge in [0, 0.05) is 6.20 Å². The van der Waals surface area contributed by atoms with Crippen molar-refractivity contribution in [2.45, 2.75) is 0 Å². The van der Waals surface area contributed by atoms with Crippen LogP contribution in [0.2, 0.25) is 0 Å². The number of nitrogens with zero attached hydrogens (tertiary/aromatic N) is 2. The van der Waals surface area contributed by atoms with Crippen molar-refractivity contribution in [3.63, 3.8) is 0 Å². The number of pyridine rings is 1. The minimum Gasteiger partial charge on any atom is -0.442 e. The fraction of sp³-hybridized carbons (Fsp3) is 0. The molecule has 2 heterocycles. The van der Waals surface area contributed by atoms with Crippen LogP contribution in [0.5, 0.6) is 0 Å². The monoisotopic (exact) mass is 280 g/mol. The fourth-order valence-electron chi connectivity index (χ4n) is 0.704. The number of rotatable bonds is 0. The Balaban J connectivity index is 0.000000500. The number of aromatic nitrogens is 2. The maximum absolute atomic E-state index is 4.94. The van der Waals surface area contributed by atoms with Crippen LogP contribution >= 0.6 is 34.0 Å². The molecule has 0 radical (unpaired) electrons. The van der Waals surface area contributed by atoms with Gasteiger partial charge in [0.15, 0.2) is 17.6 Å². The van der Waals surface area contributed by atoms with Crippen LogP contribution in [0.25, 0.3) is 11.2 Å². The van der Waals surface area contributed by atoms with Gasteiger partial charge in [0.05, 0.1) is 0 Å². The van der Waals surface area contributed by atoms with Gasteiger partial charge in [-0.25, -0.2) is 4.98 Å². The van der Waals surface area contributed by atoms with E-state index < -0.39 is 0 Å². The van der Waals surface area contributed by atoms with Gasteiger partial charge >= 0.3 is 0 Å². The van der Waals surface area contributed by atoms with E-state index in [4.69, 9.17) is 4.42 Å². The molecule has 0 amide bonds. The van der Waals surface area contributed by atoms with Gasteiger partial charge < -0.3 is 4.42 Å². The topological polar surface area (TPSA) is 38.9 Å². The first-order chi connectivity index (χ1) is 4.47. The van der Waals surface area contributed by atoms with E-state index in [1.165, 1.54) is 6.39 Å². The summed E-state index contributed by atoms with van der Waals surface area (Å²) in [4.78, 5) is 7.78. The van der Waals surface area contributed by atoms with Crippen molar-refractivity contribution in [3.05, 3.63) is 24.7 Å². The Kier molecular flexibility index (Phi) is 4.29. The van der Waals surface area contributed by atoms with Crippen LogP contribution < -0.4 is 0 Å². The smallest absolute Gasteiger partial charge is 0.198 e. The third-order valence-corrected chi connectivity index (χ3v) is 1.11. The molecule has 3 nitrogen and oxygen atoms in total. The SMILES string of the molecule is Br.Br.c1cnc2ncoc2c1. The van der Waals surface area contributed by atoms with E-state index in [1.807, 2.05) is 12.1 Å².